The zero-order chi connectivity index (χ0) is 31.7. The number of allylic oxidation sites excluding steroid dienone is 1. The van der Waals surface area contributed by atoms with Crippen molar-refractivity contribution in [1.29, 1.82) is 0 Å². The highest BCUT2D eigenvalue weighted by molar-refractivity contribution is 5.97. The van der Waals surface area contributed by atoms with Crippen molar-refractivity contribution in [3.05, 3.63) is 83.1 Å². The highest BCUT2D eigenvalue weighted by Gasteiger charge is 2.29. The number of hydrogen-bond donors (Lipinski definition) is 6. The van der Waals surface area contributed by atoms with Crippen molar-refractivity contribution in [3.63, 3.8) is 0 Å². The SMILES string of the molecule is CN=C/C(=C\N)CN(C)C(=O)c1ccc(-c2cccc(NC(/C=C(\N)NC(=O)C3CC3)=C(/N)C(=O)NC)c2N(C)C)cc1. The van der Waals surface area contributed by atoms with Gasteiger partial charge in [0.2, 0.25) is 5.91 Å². The summed E-state index contributed by atoms with van der Waals surface area (Å²) in [5.74, 6) is -0.810. The molecule has 0 spiro atoms. The van der Waals surface area contributed by atoms with Crippen LogP contribution in [-0.4, -0.2) is 70.6 Å². The Balaban J connectivity index is 1.95. The number of para-hydroxylation sites is 1. The lowest BCUT2D eigenvalue weighted by Crippen LogP contribution is -2.31. The first-order valence-electron chi connectivity index (χ1n) is 13.8. The summed E-state index contributed by atoms with van der Waals surface area (Å²) in [5, 5.41) is 8.42. The molecule has 3 rings (SSSR count). The number of carbonyl (C=O) groups excluding carboxylic acids is 3. The van der Waals surface area contributed by atoms with Gasteiger partial charge in [-0.25, -0.2) is 0 Å². The van der Waals surface area contributed by atoms with Crippen LogP contribution in [-0.2, 0) is 9.59 Å². The van der Waals surface area contributed by atoms with Gasteiger partial charge in [-0.2, -0.15) is 0 Å². The number of likely N-dealkylation sites (N-methyl/N-ethyl adjacent to an activating group) is 2. The van der Waals surface area contributed by atoms with E-state index in [9.17, 15) is 14.4 Å². The second kappa shape index (κ2) is 14.6. The van der Waals surface area contributed by atoms with Crippen LogP contribution < -0.4 is 38.1 Å². The maximum absolute atomic E-state index is 13.0. The molecule has 228 valence electrons. The van der Waals surface area contributed by atoms with Crippen LogP contribution in [0, 0.1) is 5.92 Å². The molecule has 2 aromatic rings. The van der Waals surface area contributed by atoms with Crippen LogP contribution >= 0.6 is 0 Å². The highest BCUT2D eigenvalue weighted by Crippen LogP contribution is 2.37. The molecule has 0 aromatic heterocycles. The second-order valence-electron chi connectivity index (χ2n) is 10.4. The Labute approximate surface area is 252 Å². The first-order chi connectivity index (χ1) is 20.5. The van der Waals surface area contributed by atoms with Crippen molar-refractivity contribution in [3.8, 4) is 11.1 Å². The maximum atomic E-state index is 13.0. The van der Waals surface area contributed by atoms with Crippen molar-refractivity contribution in [2.75, 3.05) is 52.0 Å². The van der Waals surface area contributed by atoms with Gasteiger partial charge in [0.25, 0.3) is 11.8 Å². The fourth-order valence-corrected chi connectivity index (χ4v) is 4.38. The van der Waals surface area contributed by atoms with E-state index in [1.54, 1.807) is 37.3 Å². The molecule has 0 unspecified atom stereocenters. The van der Waals surface area contributed by atoms with Crippen LogP contribution in [0.4, 0.5) is 11.4 Å². The van der Waals surface area contributed by atoms with E-state index >= 15 is 0 Å². The van der Waals surface area contributed by atoms with Gasteiger partial charge in [0.05, 0.1) is 17.1 Å². The van der Waals surface area contributed by atoms with Crippen LogP contribution in [0.5, 0.6) is 0 Å². The van der Waals surface area contributed by atoms with E-state index in [1.165, 1.54) is 19.3 Å². The summed E-state index contributed by atoms with van der Waals surface area (Å²) in [7, 11) is 8.61. The van der Waals surface area contributed by atoms with Gasteiger partial charge in [0.15, 0.2) is 0 Å². The lowest BCUT2D eigenvalue weighted by Gasteiger charge is -2.24. The second-order valence-corrected chi connectivity index (χ2v) is 10.4. The third-order valence-corrected chi connectivity index (χ3v) is 6.75. The molecular formula is C31H41N9O3. The van der Waals surface area contributed by atoms with Gasteiger partial charge >= 0.3 is 0 Å². The number of benzene rings is 2. The van der Waals surface area contributed by atoms with E-state index in [2.05, 4.69) is 20.9 Å². The van der Waals surface area contributed by atoms with Gasteiger partial charge < -0.3 is 43.0 Å². The first kappa shape index (κ1) is 32.3. The van der Waals surface area contributed by atoms with Crippen LogP contribution in [0.3, 0.4) is 0 Å². The first-order valence-corrected chi connectivity index (χ1v) is 13.8. The molecule has 3 amide bonds. The van der Waals surface area contributed by atoms with Crippen LogP contribution in [0.25, 0.3) is 11.1 Å². The number of anilines is 2. The molecule has 0 saturated heterocycles. The number of nitrogens with one attached hydrogen (secondary N) is 3. The van der Waals surface area contributed by atoms with E-state index in [0.29, 0.717) is 17.8 Å². The van der Waals surface area contributed by atoms with Gasteiger partial charge in [-0.05, 0) is 36.6 Å². The zero-order valence-electron chi connectivity index (χ0n) is 25.3. The number of aliphatic imine (C=N–C) groups is 1. The molecule has 43 heavy (non-hydrogen) atoms. The number of hydrogen-bond acceptors (Lipinski definition) is 9. The standard InChI is InChI=1S/C31H41N9O3/c1-35-17-19(16-32)18-40(5)31(43)22-13-9-20(10-14-22)23-7-6-8-24(28(23)39(3)4)37-25(27(34)30(42)36-2)15-26(33)38-29(41)21-11-12-21/h6-10,13-17,21,37H,11-12,18,32-34H2,1-5H3,(H,36,42)(H,38,41)/b19-16+,26-15+,27-25+,35-17?. The maximum Gasteiger partial charge on any atom is 0.269 e. The average molecular weight is 588 g/mol. The van der Waals surface area contributed by atoms with Crippen LogP contribution in [0.15, 0.2) is 82.5 Å². The molecular weight excluding hydrogens is 546 g/mol. The molecule has 1 aliphatic rings. The Morgan fingerprint density at radius 1 is 1.05 bits per heavy atom. The van der Waals surface area contributed by atoms with Crippen LogP contribution in [0.1, 0.15) is 23.2 Å². The monoisotopic (exact) mass is 587 g/mol. The van der Waals surface area contributed by atoms with Crippen molar-refractivity contribution in [2.24, 2.45) is 28.1 Å². The Morgan fingerprint density at radius 2 is 1.72 bits per heavy atom. The molecule has 0 heterocycles. The predicted octanol–water partition coefficient (Wildman–Crippen LogP) is 1.69. The van der Waals surface area contributed by atoms with E-state index in [4.69, 9.17) is 17.2 Å². The summed E-state index contributed by atoms with van der Waals surface area (Å²) in [6, 6.07) is 13.0. The molecule has 1 fully saturated rings. The normalized spacial score (nSPS) is 14.2. The van der Waals surface area contributed by atoms with Crippen molar-refractivity contribution >= 4 is 35.3 Å². The molecule has 12 nitrogen and oxygen atoms in total. The molecule has 12 heteroatoms. The molecule has 9 N–H and O–H groups in total. The van der Waals surface area contributed by atoms with Gasteiger partial charge in [-0.3, -0.25) is 19.4 Å². The third-order valence-electron chi connectivity index (χ3n) is 6.75. The lowest BCUT2D eigenvalue weighted by atomic mass is 10.00. The minimum atomic E-state index is -0.510. The van der Waals surface area contributed by atoms with Gasteiger partial charge in [0.1, 0.15) is 11.5 Å². The summed E-state index contributed by atoms with van der Waals surface area (Å²) < 4.78 is 0. The Morgan fingerprint density at radius 3 is 2.28 bits per heavy atom. The summed E-state index contributed by atoms with van der Waals surface area (Å²) >= 11 is 0. The summed E-state index contributed by atoms with van der Waals surface area (Å²) in [6.45, 7) is 0.325. The molecule has 0 atom stereocenters. The molecule has 1 aliphatic carbocycles. The van der Waals surface area contributed by atoms with Gasteiger partial charge in [-0.1, -0.05) is 24.3 Å². The third kappa shape index (κ3) is 8.38. The van der Waals surface area contributed by atoms with Gasteiger partial charge in [0, 0.05) is 82.9 Å². The Kier molecular flexibility index (Phi) is 10.9. The van der Waals surface area contributed by atoms with Crippen molar-refractivity contribution in [1.82, 2.24) is 15.5 Å². The quantitative estimate of drug-likeness (QED) is 0.123. The molecule has 0 radical (unpaired) electrons. The number of carbonyl (C=O) groups is 3. The summed E-state index contributed by atoms with van der Waals surface area (Å²) in [4.78, 5) is 45.2. The van der Waals surface area contributed by atoms with Crippen LogP contribution in [0.2, 0.25) is 0 Å². The highest BCUT2D eigenvalue weighted by atomic mass is 16.2. The Bertz CT molecular complexity index is 1470. The minimum absolute atomic E-state index is 0.0431. The molecule has 0 aliphatic heterocycles. The smallest absolute Gasteiger partial charge is 0.269 e. The predicted molar refractivity (Wildman–Crippen MR) is 172 cm³/mol. The van der Waals surface area contributed by atoms with E-state index in [0.717, 1.165) is 35.2 Å². The number of nitrogens with two attached hydrogens (primary N) is 3. The van der Waals surface area contributed by atoms with E-state index in [1.807, 2.05) is 49.3 Å². The minimum Gasteiger partial charge on any atom is -0.404 e. The zero-order valence-corrected chi connectivity index (χ0v) is 25.3. The Hall–Kier alpha value is -5.26. The molecule has 0 bridgehead atoms. The average Bonchev–Trinajstić information content (AvgIpc) is 3.85. The van der Waals surface area contributed by atoms with Crippen molar-refractivity contribution < 1.29 is 14.4 Å². The number of amides is 3. The van der Waals surface area contributed by atoms with Crippen molar-refractivity contribution in [2.45, 2.75) is 12.8 Å². The van der Waals surface area contributed by atoms with Gasteiger partial charge in [-0.15, -0.1) is 0 Å². The fourth-order valence-electron chi connectivity index (χ4n) is 4.38. The van der Waals surface area contributed by atoms with E-state index in [-0.39, 0.29) is 34.9 Å². The van der Waals surface area contributed by atoms with E-state index < -0.39 is 5.91 Å². The summed E-state index contributed by atoms with van der Waals surface area (Å²) in [5.41, 5.74) is 22.5. The largest absolute Gasteiger partial charge is 0.404 e. The topological polar surface area (TPSA) is 184 Å². The number of rotatable bonds is 12. The number of nitrogens with zero attached hydrogens (tertiary/aromatic N) is 3. The lowest BCUT2D eigenvalue weighted by molar-refractivity contribution is -0.121. The summed E-state index contributed by atoms with van der Waals surface area (Å²) in [6.07, 6.45) is 6.14. The molecule has 2 aromatic carbocycles. The fraction of sp³-hybridized carbons (Fsp3) is 0.290. The molecule has 1 saturated carbocycles.